The molecule has 0 N–H and O–H groups in total. The van der Waals surface area contributed by atoms with E-state index in [-0.39, 0.29) is 5.25 Å². The summed E-state index contributed by atoms with van der Waals surface area (Å²) < 4.78 is 22.4. The van der Waals surface area contributed by atoms with Gasteiger partial charge in [-0.1, -0.05) is 22.4 Å². The minimum absolute atomic E-state index is 0.110. The van der Waals surface area contributed by atoms with E-state index in [2.05, 4.69) is 15.9 Å². The molecule has 1 saturated heterocycles. The predicted molar refractivity (Wildman–Crippen MR) is 45.2 cm³/mol. The lowest BCUT2D eigenvalue weighted by Crippen LogP contribution is -2.29. The van der Waals surface area contributed by atoms with Gasteiger partial charge in [-0.05, 0) is 12.8 Å². The van der Waals surface area contributed by atoms with Crippen LogP contribution in [0.1, 0.15) is 19.3 Å². The molecule has 1 aliphatic rings. The molecule has 0 radical (unpaired) electrons. The fourth-order valence-electron chi connectivity index (χ4n) is 1.19. The van der Waals surface area contributed by atoms with Crippen LogP contribution in [0.5, 0.6) is 0 Å². The van der Waals surface area contributed by atoms with Crippen LogP contribution in [-0.2, 0) is 9.84 Å². The van der Waals surface area contributed by atoms with Crippen LogP contribution in [0, 0.1) is 0 Å². The van der Waals surface area contributed by atoms with Gasteiger partial charge in [-0.15, -0.1) is 0 Å². The van der Waals surface area contributed by atoms with E-state index < -0.39 is 9.84 Å². The minimum atomic E-state index is -2.72. The summed E-state index contributed by atoms with van der Waals surface area (Å²) >= 11 is 3.21. The molecular weight excluding hydrogens is 216 g/mol. The van der Waals surface area contributed by atoms with Crippen molar-refractivity contribution in [2.45, 2.75) is 24.5 Å². The van der Waals surface area contributed by atoms with Gasteiger partial charge in [-0.2, -0.15) is 0 Å². The SMILES string of the molecule is O=S1(=O)CCCCC1CBr. The van der Waals surface area contributed by atoms with Gasteiger partial charge in [0, 0.05) is 5.33 Å². The number of sulfone groups is 1. The summed E-state index contributed by atoms with van der Waals surface area (Å²) in [4.78, 5) is 0. The molecule has 1 unspecified atom stereocenters. The van der Waals surface area contributed by atoms with E-state index in [1.807, 2.05) is 0 Å². The molecule has 1 fully saturated rings. The molecule has 1 atom stereocenters. The Morgan fingerprint density at radius 2 is 2.10 bits per heavy atom. The van der Waals surface area contributed by atoms with Crippen molar-refractivity contribution in [3.63, 3.8) is 0 Å². The fraction of sp³-hybridized carbons (Fsp3) is 1.00. The molecule has 1 heterocycles. The lowest BCUT2D eigenvalue weighted by molar-refractivity contribution is 0.552. The van der Waals surface area contributed by atoms with Gasteiger partial charge in [-0.25, -0.2) is 8.42 Å². The van der Waals surface area contributed by atoms with Crippen LogP contribution in [0.4, 0.5) is 0 Å². The number of alkyl halides is 1. The molecular formula is C6H11BrO2S. The predicted octanol–water partition coefficient (Wildman–Crippen LogP) is 1.35. The summed E-state index contributed by atoms with van der Waals surface area (Å²) in [5, 5.41) is 0.497. The first kappa shape index (κ1) is 8.53. The quantitative estimate of drug-likeness (QED) is 0.633. The summed E-state index contributed by atoms with van der Waals surface area (Å²) in [7, 11) is -2.72. The largest absolute Gasteiger partial charge is 0.229 e. The standard InChI is InChI=1S/C6H11BrO2S/c7-5-6-3-1-2-4-10(6,8)9/h6H,1-5H2. The lowest BCUT2D eigenvalue weighted by atomic mass is 10.2. The molecule has 4 heteroatoms. The molecule has 0 spiro atoms. The normalized spacial score (nSPS) is 31.9. The second-order valence-electron chi connectivity index (χ2n) is 2.64. The van der Waals surface area contributed by atoms with E-state index in [1.165, 1.54) is 0 Å². The third-order valence-electron chi connectivity index (χ3n) is 1.88. The topological polar surface area (TPSA) is 34.1 Å². The van der Waals surface area contributed by atoms with Crippen molar-refractivity contribution in [1.82, 2.24) is 0 Å². The monoisotopic (exact) mass is 226 g/mol. The van der Waals surface area contributed by atoms with Gasteiger partial charge in [0.15, 0.2) is 9.84 Å². The number of hydrogen-bond acceptors (Lipinski definition) is 2. The molecule has 60 valence electrons. The Morgan fingerprint density at radius 1 is 1.40 bits per heavy atom. The zero-order chi connectivity index (χ0) is 7.61. The maximum atomic E-state index is 11.2. The van der Waals surface area contributed by atoms with Crippen LogP contribution in [0.25, 0.3) is 0 Å². The third-order valence-corrected chi connectivity index (χ3v) is 5.37. The first-order valence-electron chi connectivity index (χ1n) is 3.44. The zero-order valence-corrected chi connectivity index (χ0v) is 8.12. The van der Waals surface area contributed by atoms with Gasteiger partial charge >= 0.3 is 0 Å². The molecule has 0 saturated carbocycles. The first-order chi connectivity index (χ1) is 4.67. The van der Waals surface area contributed by atoms with Gasteiger partial charge in [0.25, 0.3) is 0 Å². The van der Waals surface area contributed by atoms with Crippen molar-refractivity contribution in [2.75, 3.05) is 11.1 Å². The van der Waals surface area contributed by atoms with E-state index in [1.54, 1.807) is 0 Å². The Labute approximate surface area is 70.1 Å². The van der Waals surface area contributed by atoms with Crippen molar-refractivity contribution in [1.29, 1.82) is 0 Å². The fourth-order valence-corrected chi connectivity index (χ4v) is 4.38. The highest BCUT2D eigenvalue weighted by Gasteiger charge is 2.27. The van der Waals surface area contributed by atoms with Crippen LogP contribution >= 0.6 is 15.9 Å². The smallest absolute Gasteiger partial charge is 0.153 e. The third kappa shape index (κ3) is 1.72. The van der Waals surface area contributed by atoms with Crippen molar-refractivity contribution in [3.05, 3.63) is 0 Å². The van der Waals surface area contributed by atoms with Crippen molar-refractivity contribution in [2.24, 2.45) is 0 Å². The maximum Gasteiger partial charge on any atom is 0.153 e. The molecule has 0 bridgehead atoms. The van der Waals surface area contributed by atoms with E-state index >= 15 is 0 Å². The van der Waals surface area contributed by atoms with Crippen LogP contribution in [0.2, 0.25) is 0 Å². The van der Waals surface area contributed by atoms with Gasteiger partial charge in [0.2, 0.25) is 0 Å². The van der Waals surface area contributed by atoms with Crippen LogP contribution < -0.4 is 0 Å². The summed E-state index contributed by atoms with van der Waals surface area (Å²) in [6.07, 6.45) is 2.76. The molecule has 2 nitrogen and oxygen atoms in total. The summed E-state index contributed by atoms with van der Waals surface area (Å²) in [6, 6.07) is 0. The Morgan fingerprint density at radius 3 is 2.50 bits per heavy atom. The van der Waals surface area contributed by atoms with Crippen LogP contribution in [0.15, 0.2) is 0 Å². The summed E-state index contributed by atoms with van der Waals surface area (Å²) in [5.74, 6) is 0.392. The second-order valence-corrected chi connectivity index (χ2v) is 5.69. The van der Waals surface area contributed by atoms with Crippen molar-refractivity contribution >= 4 is 25.8 Å². The zero-order valence-electron chi connectivity index (χ0n) is 5.72. The van der Waals surface area contributed by atoms with Gasteiger partial charge in [0.1, 0.15) is 0 Å². The minimum Gasteiger partial charge on any atom is -0.229 e. The molecule has 0 amide bonds. The molecule has 1 rings (SSSR count). The van der Waals surface area contributed by atoms with E-state index in [9.17, 15) is 8.42 Å². The Balaban J connectivity index is 2.70. The molecule has 0 aromatic rings. The van der Waals surface area contributed by atoms with Crippen molar-refractivity contribution < 1.29 is 8.42 Å². The average molecular weight is 227 g/mol. The molecule has 1 aliphatic heterocycles. The Bertz CT molecular complexity index is 198. The second kappa shape index (κ2) is 3.22. The highest BCUT2D eigenvalue weighted by Crippen LogP contribution is 2.20. The van der Waals surface area contributed by atoms with E-state index in [0.717, 1.165) is 19.3 Å². The number of hydrogen-bond donors (Lipinski definition) is 0. The highest BCUT2D eigenvalue weighted by molar-refractivity contribution is 9.09. The van der Waals surface area contributed by atoms with Gasteiger partial charge in [-0.3, -0.25) is 0 Å². The lowest BCUT2D eigenvalue weighted by Gasteiger charge is -2.19. The summed E-state index contributed by atoms with van der Waals surface area (Å²) in [6.45, 7) is 0. The first-order valence-corrected chi connectivity index (χ1v) is 6.28. The van der Waals surface area contributed by atoms with E-state index in [0.29, 0.717) is 11.1 Å². The molecule has 0 aromatic heterocycles. The molecule has 0 aliphatic carbocycles. The Kier molecular flexibility index (Phi) is 2.74. The van der Waals surface area contributed by atoms with Crippen LogP contribution in [0.3, 0.4) is 0 Å². The average Bonchev–Trinajstić information content (AvgIpc) is 1.87. The van der Waals surface area contributed by atoms with Crippen LogP contribution in [-0.4, -0.2) is 24.8 Å². The molecule has 10 heavy (non-hydrogen) atoms. The molecule has 0 aromatic carbocycles. The highest BCUT2D eigenvalue weighted by atomic mass is 79.9. The number of rotatable bonds is 1. The number of halogens is 1. The van der Waals surface area contributed by atoms with E-state index in [4.69, 9.17) is 0 Å². The maximum absolute atomic E-state index is 11.2. The Hall–Kier alpha value is 0.430. The summed E-state index contributed by atoms with van der Waals surface area (Å²) in [5.41, 5.74) is 0. The van der Waals surface area contributed by atoms with Gasteiger partial charge in [0.05, 0.1) is 11.0 Å². The van der Waals surface area contributed by atoms with Gasteiger partial charge < -0.3 is 0 Å². The van der Waals surface area contributed by atoms with Crippen molar-refractivity contribution in [3.8, 4) is 0 Å².